The van der Waals surface area contributed by atoms with Crippen LogP contribution in [0.2, 0.25) is 0 Å². The predicted octanol–water partition coefficient (Wildman–Crippen LogP) is 4.91. The van der Waals surface area contributed by atoms with Crippen molar-refractivity contribution in [2.24, 2.45) is 0 Å². The van der Waals surface area contributed by atoms with Crippen LogP contribution in [-0.2, 0) is 11.3 Å². The Morgan fingerprint density at radius 2 is 1.77 bits per heavy atom. The Kier molecular flexibility index (Phi) is 7.40. The van der Waals surface area contributed by atoms with Crippen molar-refractivity contribution in [3.8, 4) is 0 Å². The third-order valence-corrected chi connectivity index (χ3v) is 4.90. The number of benzene rings is 1. The number of hydrogen-bond donors (Lipinski definition) is 0. The Bertz CT molecular complexity index is 511. The van der Waals surface area contributed by atoms with Gasteiger partial charge in [-0.25, -0.2) is 0 Å². The summed E-state index contributed by atoms with van der Waals surface area (Å²) in [5.74, 6) is 0. The van der Waals surface area contributed by atoms with Gasteiger partial charge in [-0.15, -0.1) is 23.7 Å². The first-order chi connectivity index (χ1) is 10.4. The fourth-order valence-electron chi connectivity index (χ4n) is 2.88. The first-order valence-electron chi connectivity index (χ1n) is 7.83. The molecule has 22 heavy (non-hydrogen) atoms. The van der Waals surface area contributed by atoms with Gasteiger partial charge in [-0.2, -0.15) is 0 Å². The van der Waals surface area contributed by atoms with Gasteiger partial charge in [0, 0.05) is 11.4 Å². The van der Waals surface area contributed by atoms with E-state index in [4.69, 9.17) is 4.74 Å². The van der Waals surface area contributed by atoms with Crippen molar-refractivity contribution in [3.63, 3.8) is 0 Å². The molecule has 1 aliphatic heterocycles. The third-order valence-electron chi connectivity index (χ3n) is 4.05. The van der Waals surface area contributed by atoms with Crippen LogP contribution in [0.25, 0.3) is 0 Å². The van der Waals surface area contributed by atoms with Crippen LogP contribution >= 0.6 is 23.7 Å². The molecule has 0 aliphatic carbocycles. The molecule has 3 rings (SSSR count). The molecular formula is C18H24ClNOS. The molecule has 1 aromatic carbocycles. The molecule has 2 heterocycles. The number of halogens is 1. The fourth-order valence-corrected chi connectivity index (χ4v) is 3.50. The molecule has 1 aliphatic rings. The normalized spacial score (nSPS) is 16.9. The Labute approximate surface area is 143 Å². The lowest BCUT2D eigenvalue weighted by Crippen LogP contribution is -2.34. The smallest absolute Gasteiger partial charge is 0.0956 e. The zero-order valence-corrected chi connectivity index (χ0v) is 14.5. The number of likely N-dealkylation sites (tertiary alicyclic amines) is 1. The number of thiophene rings is 1. The average molecular weight is 338 g/mol. The van der Waals surface area contributed by atoms with Gasteiger partial charge < -0.3 is 9.64 Å². The maximum atomic E-state index is 6.24. The maximum Gasteiger partial charge on any atom is 0.0956 e. The van der Waals surface area contributed by atoms with Crippen molar-refractivity contribution in [2.45, 2.75) is 32.0 Å². The van der Waals surface area contributed by atoms with Crippen LogP contribution in [0.3, 0.4) is 0 Å². The van der Waals surface area contributed by atoms with Gasteiger partial charge in [-0.3, -0.25) is 0 Å². The lowest BCUT2D eigenvalue weighted by Gasteiger charge is -2.30. The minimum Gasteiger partial charge on any atom is -0.367 e. The molecule has 0 N–H and O–H groups in total. The van der Waals surface area contributed by atoms with Gasteiger partial charge in [0.1, 0.15) is 0 Å². The lowest BCUT2D eigenvalue weighted by atomic mass is 10.1. The van der Waals surface area contributed by atoms with Crippen molar-refractivity contribution < 1.29 is 4.74 Å². The van der Waals surface area contributed by atoms with Gasteiger partial charge in [0.05, 0.1) is 12.7 Å². The van der Waals surface area contributed by atoms with Gasteiger partial charge in [0.2, 0.25) is 0 Å². The topological polar surface area (TPSA) is 12.5 Å². The van der Waals surface area contributed by atoms with E-state index in [0.29, 0.717) is 6.61 Å². The second kappa shape index (κ2) is 9.31. The van der Waals surface area contributed by atoms with Gasteiger partial charge >= 0.3 is 0 Å². The second-order valence-corrected chi connectivity index (χ2v) is 6.68. The Morgan fingerprint density at radius 1 is 1.00 bits per heavy atom. The third kappa shape index (κ3) is 5.10. The van der Waals surface area contributed by atoms with Gasteiger partial charge in [0.25, 0.3) is 0 Å². The molecule has 1 unspecified atom stereocenters. The molecule has 0 radical (unpaired) electrons. The van der Waals surface area contributed by atoms with Gasteiger partial charge in [-0.1, -0.05) is 42.8 Å². The molecule has 2 nitrogen and oxygen atoms in total. The van der Waals surface area contributed by atoms with E-state index in [1.54, 1.807) is 11.3 Å². The zero-order chi connectivity index (χ0) is 14.3. The SMILES string of the molecule is Cl.c1ccc(C(CN2CCCCC2)OCc2cccs2)cc1. The molecule has 4 heteroatoms. The van der Waals surface area contributed by atoms with Crippen LogP contribution < -0.4 is 0 Å². The Hall–Kier alpha value is -0.870. The fraction of sp³-hybridized carbons (Fsp3) is 0.444. The Morgan fingerprint density at radius 3 is 2.45 bits per heavy atom. The van der Waals surface area contributed by atoms with E-state index in [1.807, 2.05) is 0 Å². The highest BCUT2D eigenvalue weighted by atomic mass is 35.5. The minimum absolute atomic E-state index is 0. The predicted molar refractivity (Wildman–Crippen MR) is 95.8 cm³/mol. The molecule has 2 aromatic rings. The van der Waals surface area contributed by atoms with Crippen LogP contribution in [0.5, 0.6) is 0 Å². The number of piperidine rings is 1. The molecule has 0 amide bonds. The molecule has 120 valence electrons. The molecule has 1 fully saturated rings. The van der Waals surface area contributed by atoms with E-state index in [1.165, 1.54) is 42.8 Å². The van der Waals surface area contributed by atoms with Crippen LogP contribution in [0, 0.1) is 0 Å². The average Bonchev–Trinajstić information content (AvgIpc) is 3.07. The summed E-state index contributed by atoms with van der Waals surface area (Å²) in [6.07, 6.45) is 4.20. The highest BCUT2D eigenvalue weighted by molar-refractivity contribution is 7.09. The maximum absolute atomic E-state index is 6.24. The van der Waals surface area contributed by atoms with Crippen molar-refractivity contribution in [3.05, 3.63) is 58.3 Å². The van der Waals surface area contributed by atoms with Gasteiger partial charge in [0.15, 0.2) is 0 Å². The molecule has 1 saturated heterocycles. The van der Waals surface area contributed by atoms with Crippen molar-refractivity contribution in [2.75, 3.05) is 19.6 Å². The number of nitrogens with zero attached hydrogens (tertiary/aromatic N) is 1. The standard InChI is InChI=1S/C18H23NOS.ClH/c1-3-8-16(9-4-1)18(14-19-11-5-2-6-12-19)20-15-17-10-7-13-21-17;/h1,3-4,7-10,13,18H,2,5-6,11-12,14-15H2;1H. The second-order valence-electron chi connectivity index (χ2n) is 5.65. The van der Waals surface area contributed by atoms with E-state index in [-0.39, 0.29) is 18.5 Å². The zero-order valence-electron chi connectivity index (χ0n) is 12.8. The quantitative estimate of drug-likeness (QED) is 0.742. The largest absolute Gasteiger partial charge is 0.367 e. The summed E-state index contributed by atoms with van der Waals surface area (Å²) in [6.45, 7) is 4.15. The monoisotopic (exact) mass is 337 g/mol. The Balaban J connectivity index is 0.00000176. The first-order valence-corrected chi connectivity index (χ1v) is 8.71. The number of rotatable bonds is 6. The summed E-state index contributed by atoms with van der Waals surface area (Å²) < 4.78 is 6.24. The van der Waals surface area contributed by atoms with Crippen molar-refractivity contribution in [1.29, 1.82) is 0 Å². The number of hydrogen-bond acceptors (Lipinski definition) is 3. The molecule has 1 aromatic heterocycles. The molecule has 0 saturated carbocycles. The summed E-state index contributed by atoms with van der Waals surface area (Å²) in [5.41, 5.74) is 1.29. The van der Waals surface area contributed by atoms with E-state index >= 15 is 0 Å². The minimum atomic E-state index is 0. The summed E-state index contributed by atoms with van der Waals surface area (Å²) in [4.78, 5) is 3.85. The van der Waals surface area contributed by atoms with Crippen LogP contribution in [-0.4, -0.2) is 24.5 Å². The van der Waals surface area contributed by atoms with Crippen molar-refractivity contribution >= 4 is 23.7 Å². The molecule has 0 spiro atoms. The van der Waals surface area contributed by atoms with Crippen LogP contribution in [0.15, 0.2) is 47.8 Å². The molecular weight excluding hydrogens is 314 g/mol. The van der Waals surface area contributed by atoms with E-state index in [2.05, 4.69) is 52.7 Å². The molecule has 0 bridgehead atoms. The number of ether oxygens (including phenoxy) is 1. The van der Waals surface area contributed by atoms with Crippen molar-refractivity contribution in [1.82, 2.24) is 4.90 Å². The van der Waals surface area contributed by atoms with Crippen LogP contribution in [0.1, 0.15) is 35.8 Å². The first kappa shape index (κ1) is 17.5. The highest BCUT2D eigenvalue weighted by Crippen LogP contribution is 2.23. The van der Waals surface area contributed by atoms with E-state index < -0.39 is 0 Å². The highest BCUT2D eigenvalue weighted by Gasteiger charge is 2.18. The summed E-state index contributed by atoms with van der Waals surface area (Å²) in [6, 6.07) is 14.9. The van der Waals surface area contributed by atoms with Gasteiger partial charge in [-0.05, 0) is 42.9 Å². The van der Waals surface area contributed by atoms with E-state index in [9.17, 15) is 0 Å². The summed E-state index contributed by atoms with van der Waals surface area (Å²) in [7, 11) is 0. The molecule has 1 atom stereocenters. The summed E-state index contributed by atoms with van der Waals surface area (Å²) >= 11 is 1.77. The summed E-state index contributed by atoms with van der Waals surface area (Å²) in [5, 5.41) is 2.11. The van der Waals surface area contributed by atoms with E-state index in [0.717, 1.165) is 6.54 Å². The van der Waals surface area contributed by atoms with Crippen LogP contribution in [0.4, 0.5) is 0 Å². The lowest BCUT2D eigenvalue weighted by molar-refractivity contribution is 0.0112.